The van der Waals surface area contributed by atoms with Crippen LogP contribution >= 0.6 is 0 Å². The highest BCUT2D eigenvalue weighted by atomic mass is 16.4. The number of carbonyl (C=O) groups excluding carboxylic acids is 5. The Labute approximate surface area is 308 Å². The Morgan fingerprint density at radius 2 is 1.42 bits per heavy atom. The van der Waals surface area contributed by atoms with Gasteiger partial charge in [-0.1, -0.05) is 74.7 Å². The number of aromatic nitrogens is 1. The number of amides is 5. The predicted octanol–water partition coefficient (Wildman–Crippen LogP) is 2.42. The molecule has 286 valence electrons. The molecular formula is C38H50N6O9. The number of carboxylic acids is 2. The summed E-state index contributed by atoms with van der Waals surface area (Å²) in [5.74, 6) is -5.88. The van der Waals surface area contributed by atoms with Gasteiger partial charge in [0, 0.05) is 49.8 Å². The van der Waals surface area contributed by atoms with Crippen molar-refractivity contribution in [2.24, 2.45) is 5.73 Å². The Balaban J connectivity index is 1.83. The maximum absolute atomic E-state index is 14.2. The number of hydrogen-bond acceptors (Lipinski definition) is 7. The number of rotatable bonds is 23. The number of nitrogens with zero attached hydrogens (tertiary/aromatic N) is 1. The highest BCUT2D eigenvalue weighted by molar-refractivity contribution is 5.97. The van der Waals surface area contributed by atoms with Crippen molar-refractivity contribution < 1.29 is 43.8 Å². The van der Waals surface area contributed by atoms with E-state index in [4.69, 9.17) is 10.8 Å². The number of benzene rings is 2. The molecule has 0 fully saturated rings. The fraction of sp³-hybridized carbons (Fsp3) is 0.447. The van der Waals surface area contributed by atoms with Gasteiger partial charge >= 0.3 is 11.9 Å². The minimum absolute atomic E-state index is 0.0102. The van der Waals surface area contributed by atoms with Gasteiger partial charge in [0.25, 0.3) is 0 Å². The summed E-state index contributed by atoms with van der Waals surface area (Å²) in [6.45, 7) is 1.89. The topological polar surface area (TPSA) is 241 Å². The van der Waals surface area contributed by atoms with E-state index in [9.17, 15) is 38.7 Å². The molecule has 0 aliphatic rings. The van der Waals surface area contributed by atoms with Gasteiger partial charge in [-0.25, -0.2) is 0 Å². The monoisotopic (exact) mass is 734 g/mol. The first kappa shape index (κ1) is 41.7. The van der Waals surface area contributed by atoms with Gasteiger partial charge in [0.05, 0.1) is 6.42 Å². The average molecular weight is 735 g/mol. The number of H-pyrrole nitrogens is 1. The largest absolute Gasteiger partial charge is 0.481 e. The number of unbranched alkanes of at least 4 members (excludes halogenated alkanes) is 3. The minimum atomic E-state index is -1.60. The summed E-state index contributed by atoms with van der Waals surface area (Å²) < 4.78 is 0. The van der Waals surface area contributed by atoms with Gasteiger partial charge in [-0.3, -0.25) is 33.6 Å². The fourth-order valence-electron chi connectivity index (χ4n) is 6.02. The second kappa shape index (κ2) is 21.0. The van der Waals surface area contributed by atoms with E-state index < -0.39 is 72.1 Å². The number of hydrogen-bond donors (Lipinski definition) is 7. The van der Waals surface area contributed by atoms with Gasteiger partial charge in [0.2, 0.25) is 29.5 Å². The van der Waals surface area contributed by atoms with Crippen LogP contribution in [-0.2, 0) is 46.4 Å². The standard InChI is InChI=1S/C38H50N6O9/c1-3-4-17-31(37(52)43-29(22-34(48)49)36(51)42-28(35(39)50)20-24-13-7-5-8-14-24)44(2)38(53)30(41-32(45)18-9-6-10-19-33(46)47)21-25-23-40-27-16-12-11-15-26(25)27/h5,7-8,11-16,23,28-31,40H,3-4,6,9-10,17-22H2,1-2H3,(H2,39,50)(H,41,45)(H,42,51)(H,43,52)(H,46,47)(H,48,49)/t28-,29-,30-,31-/m0/s1. The second-order valence-electron chi connectivity index (χ2n) is 13.1. The first-order chi connectivity index (χ1) is 25.3. The molecule has 5 amide bonds. The van der Waals surface area contributed by atoms with E-state index in [1.54, 1.807) is 36.5 Å². The number of nitrogens with one attached hydrogen (secondary N) is 4. The van der Waals surface area contributed by atoms with E-state index in [0.29, 0.717) is 37.7 Å². The van der Waals surface area contributed by atoms with Gasteiger partial charge in [-0.15, -0.1) is 0 Å². The maximum Gasteiger partial charge on any atom is 0.305 e. The number of fused-ring (bicyclic) bond motifs is 1. The molecule has 15 heteroatoms. The molecule has 15 nitrogen and oxygen atoms in total. The normalized spacial score (nSPS) is 13.2. The number of carboxylic acid groups (broad SMARTS) is 2. The van der Waals surface area contributed by atoms with Crippen molar-refractivity contribution in [3.8, 4) is 0 Å². The minimum Gasteiger partial charge on any atom is -0.481 e. The highest BCUT2D eigenvalue weighted by Crippen LogP contribution is 2.21. The van der Waals surface area contributed by atoms with Crippen LogP contribution in [0, 0.1) is 0 Å². The summed E-state index contributed by atoms with van der Waals surface area (Å²) in [4.78, 5) is 93.9. The molecule has 1 heterocycles. The first-order valence-electron chi connectivity index (χ1n) is 17.8. The van der Waals surface area contributed by atoms with Crippen LogP contribution in [0.25, 0.3) is 10.9 Å². The van der Waals surface area contributed by atoms with Crippen LogP contribution < -0.4 is 21.7 Å². The van der Waals surface area contributed by atoms with Crippen molar-refractivity contribution in [3.05, 3.63) is 71.9 Å². The third-order valence-corrected chi connectivity index (χ3v) is 8.93. The van der Waals surface area contributed by atoms with Crippen molar-refractivity contribution in [2.45, 2.75) is 102 Å². The molecule has 0 aliphatic carbocycles. The molecule has 2 aromatic carbocycles. The Hall–Kier alpha value is -5.73. The molecule has 8 N–H and O–H groups in total. The lowest BCUT2D eigenvalue weighted by Gasteiger charge is -2.32. The zero-order chi connectivity index (χ0) is 38.9. The molecule has 3 rings (SSSR count). The molecular weight excluding hydrogens is 684 g/mol. The molecule has 0 aliphatic heterocycles. The van der Waals surface area contributed by atoms with Crippen LogP contribution in [0.4, 0.5) is 0 Å². The third-order valence-electron chi connectivity index (χ3n) is 8.93. The molecule has 53 heavy (non-hydrogen) atoms. The predicted molar refractivity (Wildman–Crippen MR) is 196 cm³/mol. The molecule has 0 bridgehead atoms. The average Bonchev–Trinajstić information content (AvgIpc) is 3.53. The van der Waals surface area contributed by atoms with Crippen LogP contribution in [0.2, 0.25) is 0 Å². The zero-order valence-electron chi connectivity index (χ0n) is 30.1. The van der Waals surface area contributed by atoms with Crippen LogP contribution in [0.5, 0.6) is 0 Å². The quantitative estimate of drug-likeness (QED) is 0.0707. The number of likely N-dealkylation sites (N-methyl/N-ethyl adjacent to an activating group) is 1. The van der Waals surface area contributed by atoms with Gasteiger partial charge in [0.1, 0.15) is 24.2 Å². The first-order valence-corrected chi connectivity index (χ1v) is 17.8. The molecule has 0 unspecified atom stereocenters. The molecule has 0 saturated carbocycles. The lowest BCUT2D eigenvalue weighted by atomic mass is 10.0. The summed E-state index contributed by atoms with van der Waals surface area (Å²) >= 11 is 0. The number of para-hydroxylation sites is 1. The number of aromatic amines is 1. The number of primary amides is 1. The Morgan fingerprint density at radius 1 is 0.755 bits per heavy atom. The van der Waals surface area contributed by atoms with Crippen molar-refractivity contribution >= 4 is 52.4 Å². The molecule has 0 saturated heterocycles. The van der Waals surface area contributed by atoms with Gasteiger partial charge in [-0.2, -0.15) is 0 Å². The lowest BCUT2D eigenvalue weighted by Crippen LogP contribution is -2.59. The number of carbonyl (C=O) groups is 7. The maximum atomic E-state index is 14.2. The smallest absolute Gasteiger partial charge is 0.305 e. The van der Waals surface area contributed by atoms with Crippen LogP contribution in [0.15, 0.2) is 60.8 Å². The van der Waals surface area contributed by atoms with Crippen molar-refractivity contribution in [3.63, 3.8) is 0 Å². The summed E-state index contributed by atoms with van der Waals surface area (Å²) in [5.41, 5.74) is 7.83. The van der Waals surface area contributed by atoms with E-state index in [1.165, 1.54) is 11.9 Å². The molecule has 0 radical (unpaired) electrons. The van der Waals surface area contributed by atoms with E-state index in [1.807, 2.05) is 31.2 Å². The summed E-state index contributed by atoms with van der Waals surface area (Å²) in [6, 6.07) is 11.2. The second-order valence-corrected chi connectivity index (χ2v) is 13.1. The van der Waals surface area contributed by atoms with Gasteiger partial charge in [0.15, 0.2) is 0 Å². The molecule has 3 aromatic rings. The Kier molecular flexibility index (Phi) is 16.5. The van der Waals surface area contributed by atoms with Crippen molar-refractivity contribution in [1.29, 1.82) is 0 Å². The molecule has 1 aromatic heterocycles. The third kappa shape index (κ3) is 13.4. The van der Waals surface area contributed by atoms with E-state index in [2.05, 4.69) is 20.9 Å². The summed E-state index contributed by atoms with van der Waals surface area (Å²) in [6.07, 6.45) is 3.77. The molecule has 0 spiro atoms. The van der Waals surface area contributed by atoms with Crippen LogP contribution in [-0.4, -0.2) is 92.8 Å². The van der Waals surface area contributed by atoms with Crippen molar-refractivity contribution in [1.82, 2.24) is 25.8 Å². The summed E-state index contributed by atoms with van der Waals surface area (Å²) in [7, 11) is 1.41. The number of aliphatic carboxylic acids is 2. The summed E-state index contributed by atoms with van der Waals surface area (Å²) in [5, 5.41) is 27.1. The zero-order valence-corrected chi connectivity index (χ0v) is 30.1. The van der Waals surface area contributed by atoms with Gasteiger partial charge in [-0.05, 0) is 36.5 Å². The number of nitrogens with two attached hydrogens (primary N) is 1. The van der Waals surface area contributed by atoms with Crippen LogP contribution in [0.3, 0.4) is 0 Å². The Morgan fingerprint density at radius 3 is 2.08 bits per heavy atom. The van der Waals surface area contributed by atoms with E-state index in [0.717, 1.165) is 16.5 Å². The molecule has 4 atom stereocenters. The highest BCUT2D eigenvalue weighted by Gasteiger charge is 2.35. The van der Waals surface area contributed by atoms with E-state index >= 15 is 0 Å². The van der Waals surface area contributed by atoms with Crippen LogP contribution in [0.1, 0.15) is 75.8 Å². The van der Waals surface area contributed by atoms with Gasteiger partial charge < -0.3 is 41.8 Å². The lowest BCUT2D eigenvalue weighted by molar-refractivity contribution is -0.144. The fourth-order valence-corrected chi connectivity index (χ4v) is 6.02. The SMILES string of the molecule is CCCC[C@@H](C(=O)N[C@@H](CC(=O)O)C(=O)N[C@@H](Cc1ccccc1)C(N)=O)N(C)C(=O)[C@H](Cc1c[nH]c2ccccc12)NC(=O)CCCCCC(=O)O. The Bertz CT molecular complexity index is 1730. The van der Waals surface area contributed by atoms with Crippen molar-refractivity contribution in [2.75, 3.05) is 7.05 Å². The van der Waals surface area contributed by atoms with E-state index in [-0.39, 0.29) is 32.1 Å².